The summed E-state index contributed by atoms with van der Waals surface area (Å²) < 4.78 is 0. The zero-order chi connectivity index (χ0) is 20.1. The Hall–Kier alpha value is -2.30. The van der Waals surface area contributed by atoms with Gasteiger partial charge >= 0.3 is 11.8 Å². The van der Waals surface area contributed by atoms with Crippen LogP contribution >= 0.6 is 0 Å². The van der Waals surface area contributed by atoms with Crippen molar-refractivity contribution in [3.63, 3.8) is 0 Å². The van der Waals surface area contributed by atoms with E-state index in [0.29, 0.717) is 24.3 Å². The number of hydrogen-bond donors (Lipinski definition) is 3. The Balaban J connectivity index is 1.41. The lowest BCUT2D eigenvalue weighted by Crippen LogP contribution is -2.46. The quantitative estimate of drug-likeness (QED) is 0.661. The largest absolute Gasteiger partial charge is 0.361 e. The molecule has 3 N–H and O–H groups in total. The Bertz CT molecular complexity index is 816. The summed E-state index contributed by atoms with van der Waals surface area (Å²) >= 11 is 0. The number of aromatic nitrogens is 1. The lowest BCUT2D eigenvalue weighted by molar-refractivity contribution is -0.139. The number of nitrogens with one attached hydrogen (secondary N) is 3. The number of amides is 2. The number of rotatable bonds is 6. The first-order chi connectivity index (χ1) is 13.4. The van der Waals surface area contributed by atoms with Crippen LogP contribution in [0.15, 0.2) is 30.5 Å². The first-order valence-corrected chi connectivity index (χ1v) is 10.5. The maximum Gasteiger partial charge on any atom is 0.309 e. The van der Waals surface area contributed by atoms with E-state index in [-0.39, 0.29) is 6.04 Å². The average molecular weight is 384 g/mol. The molecule has 0 aliphatic heterocycles. The van der Waals surface area contributed by atoms with E-state index in [9.17, 15) is 9.59 Å². The summed E-state index contributed by atoms with van der Waals surface area (Å²) in [5, 5.41) is 6.84. The molecule has 0 bridgehead atoms. The summed E-state index contributed by atoms with van der Waals surface area (Å²) in [6.45, 7) is 7.36. The van der Waals surface area contributed by atoms with Gasteiger partial charge < -0.3 is 15.6 Å². The summed E-state index contributed by atoms with van der Waals surface area (Å²) in [5.41, 5.74) is 2.59. The predicted octanol–water partition coefficient (Wildman–Crippen LogP) is 3.94. The minimum absolute atomic E-state index is 0.121. The van der Waals surface area contributed by atoms with E-state index < -0.39 is 11.8 Å². The molecule has 1 aromatic carbocycles. The molecule has 5 nitrogen and oxygen atoms in total. The first-order valence-electron chi connectivity index (χ1n) is 10.5. The molecule has 0 atom stereocenters. The number of fused-ring (bicyclic) bond motifs is 1. The van der Waals surface area contributed by atoms with Crippen LogP contribution in [0.4, 0.5) is 0 Å². The van der Waals surface area contributed by atoms with Gasteiger partial charge in [-0.25, -0.2) is 0 Å². The maximum absolute atomic E-state index is 12.2. The lowest BCUT2D eigenvalue weighted by atomic mass is 9.69. The highest BCUT2D eigenvalue weighted by Crippen LogP contribution is 2.40. The molecule has 2 aromatic rings. The van der Waals surface area contributed by atoms with Crippen molar-refractivity contribution in [1.29, 1.82) is 0 Å². The van der Waals surface area contributed by atoms with Gasteiger partial charge in [-0.15, -0.1) is 0 Å². The molecule has 2 amide bonds. The summed E-state index contributed by atoms with van der Waals surface area (Å²) in [7, 11) is 0. The van der Waals surface area contributed by atoms with Gasteiger partial charge in [0.05, 0.1) is 0 Å². The summed E-state index contributed by atoms with van der Waals surface area (Å²) in [5.74, 6) is -0.330. The van der Waals surface area contributed by atoms with Gasteiger partial charge in [0.2, 0.25) is 0 Å². The third-order valence-corrected chi connectivity index (χ3v) is 6.64. The van der Waals surface area contributed by atoms with Crippen LogP contribution in [-0.2, 0) is 16.0 Å². The molecule has 1 aliphatic rings. The second kappa shape index (κ2) is 8.80. The van der Waals surface area contributed by atoms with E-state index in [1.807, 2.05) is 24.4 Å². The standard InChI is InChI=1S/C23H33N3O2/c1-4-23(2,3)17-9-11-18(12-10-17)26-22(28)21(27)24-14-13-16-15-25-20-8-6-5-7-19(16)20/h5-8,15,17-18,25H,4,9-14H2,1-3H3,(H,24,27)(H,26,28). The van der Waals surface area contributed by atoms with Gasteiger partial charge in [-0.3, -0.25) is 9.59 Å². The second-order valence-electron chi connectivity index (χ2n) is 8.73. The maximum atomic E-state index is 12.2. The van der Waals surface area contributed by atoms with E-state index in [0.717, 1.165) is 42.1 Å². The Morgan fingerprint density at radius 2 is 1.82 bits per heavy atom. The number of carbonyl (C=O) groups excluding carboxylic acids is 2. The van der Waals surface area contributed by atoms with Crippen molar-refractivity contribution >= 4 is 22.7 Å². The van der Waals surface area contributed by atoms with Crippen LogP contribution in [0.25, 0.3) is 10.9 Å². The van der Waals surface area contributed by atoms with Gasteiger partial charge in [0, 0.05) is 29.7 Å². The molecular weight excluding hydrogens is 350 g/mol. The third kappa shape index (κ3) is 4.75. The number of aromatic amines is 1. The fourth-order valence-electron chi connectivity index (χ4n) is 4.29. The normalized spacial score (nSPS) is 20.1. The number of hydrogen-bond acceptors (Lipinski definition) is 2. The van der Waals surface area contributed by atoms with Gasteiger partial charge in [-0.1, -0.05) is 45.4 Å². The third-order valence-electron chi connectivity index (χ3n) is 6.64. The van der Waals surface area contributed by atoms with Crippen LogP contribution in [0.5, 0.6) is 0 Å². The van der Waals surface area contributed by atoms with Gasteiger partial charge in [0.1, 0.15) is 0 Å². The molecule has 1 saturated carbocycles. The predicted molar refractivity (Wildman–Crippen MR) is 113 cm³/mol. The van der Waals surface area contributed by atoms with E-state index in [1.165, 1.54) is 6.42 Å². The Morgan fingerprint density at radius 3 is 2.54 bits per heavy atom. The van der Waals surface area contributed by atoms with E-state index in [4.69, 9.17) is 0 Å². The summed E-state index contributed by atoms with van der Waals surface area (Å²) in [6, 6.07) is 8.20. The molecule has 1 fully saturated rings. The van der Waals surface area contributed by atoms with Gasteiger partial charge in [-0.05, 0) is 55.1 Å². The van der Waals surface area contributed by atoms with E-state index in [2.05, 4.69) is 42.5 Å². The molecular formula is C23H33N3O2. The van der Waals surface area contributed by atoms with Crippen LogP contribution in [0, 0.1) is 11.3 Å². The minimum Gasteiger partial charge on any atom is -0.361 e. The van der Waals surface area contributed by atoms with Crippen molar-refractivity contribution in [2.45, 2.75) is 65.3 Å². The van der Waals surface area contributed by atoms with Crippen LogP contribution in [0.1, 0.15) is 58.4 Å². The highest BCUT2D eigenvalue weighted by molar-refractivity contribution is 6.35. The molecule has 3 rings (SSSR count). The molecule has 5 heteroatoms. The van der Waals surface area contributed by atoms with Crippen LogP contribution < -0.4 is 10.6 Å². The molecule has 1 heterocycles. The van der Waals surface area contributed by atoms with Crippen LogP contribution in [0.3, 0.4) is 0 Å². The van der Waals surface area contributed by atoms with Crippen molar-refractivity contribution in [3.05, 3.63) is 36.0 Å². The monoisotopic (exact) mass is 383 g/mol. The topological polar surface area (TPSA) is 74.0 Å². The zero-order valence-corrected chi connectivity index (χ0v) is 17.3. The number of H-pyrrole nitrogens is 1. The van der Waals surface area contributed by atoms with E-state index >= 15 is 0 Å². The molecule has 0 saturated heterocycles. The number of benzene rings is 1. The second-order valence-corrected chi connectivity index (χ2v) is 8.73. The average Bonchev–Trinajstić information content (AvgIpc) is 3.11. The molecule has 0 spiro atoms. The molecule has 0 unspecified atom stereocenters. The van der Waals surface area contributed by atoms with Crippen molar-refractivity contribution in [2.24, 2.45) is 11.3 Å². The van der Waals surface area contributed by atoms with Crippen LogP contribution in [0.2, 0.25) is 0 Å². The molecule has 1 aliphatic carbocycles. The summed E-state index contributed by atoms with van der Waals surface area (Å²) in [6.07, 6.45) is 7.99. The van der Waals surface area contributed by atoms with Crippen molar-refractivity contribution in [3.8, 4) is 0 Å². The number of carbonyl (C=O) groups is 2. The Morgan fingerprint density at radius 1 is 1.11 bits per heavy atom. The SMILES string of the molecule is CCC(C)(C)C1CCC(NC(=O)C(=O)NCCc2c[nH]c3ccccc23)CC1. The molecule has 152 valence electrons. The lowest BCUT2D eigenvalue weighted by Gasteiger charge is -2.39. The smallest absolute Gasteiger partial charge is 0.309 e. The first kappa shape index (κ1) is 20.4. The van der Waals surface area contributed by atoms with Gasteiger partial charge in [0.25, 0.3) is 0 Å². The molecule has 1 aromatic heterocycles. The Labute approximate surface area is 167 Å². The van der Waals surface area contributed by atoms with Crippen molar-refractivity contribution in [2.75, 3.05) is 6.54 Å². The highest BCUT2D eigenvalue weighted by Gasteiger charge is 2.32. The van der Waals surface area contributed by atoms with Crippen LogP contribution in [-0.4, -0.2) is 29.4 Å². The van der Waals surface area contributed by atoms with Gasteiger partial charge in [-0.2, -0.15) is 0 Å². The fourth-order valence-corrected chi connectivity index (χ4v) is 4.29. The minimum atomic E-state index is -0.532. The van der Waals surface area contributed by atoms with Crippen molar-refractivity contribution < 1.29 is 9.59 Å². The number of para-hydroxylation sites is 1. The Kier molecular flexibility index (Phi) is 6.42. The molecule has 28 heavy (non-hydrogen) atoms. The zero-order valence-electron chi connectivity index (χ0n) is 17.3. The molecule has 0 radical (unpaired) electrons. The van der Waals surface area contributed by atoms with Crippen molar-refractivity contribution in [1.82, 2.24) is 15.6 Å². The fraction of sp³-hybridized carbons (Fsp3) is 0.565. The van der Waals surface area contributed by atoms with Gasteiger partial charge in [0.15, 0.2) is 0 Å². The highest BCUT2D eigenvalue weighted by atomic mass is 16.2. The summed E-state index contributed by atoms with van der Waals surface area (Å²) in [4.78, 5) is 27.6. The van der Waals surface area contributed by atoms with E-state index in [1.54, 1.807) is 0 Å².